The molecule has 5 heteroatoms. The third-order valence-corrected chi connectivity index (χ3v) is 3.11. The highest BCUT2D eigenvalue weighted by Crippen LogP contribution is 2.28. The van der Waals surface area contributed by atoms with Crippen molar-refractivity contribution in [3.63, 3.8) is 0 Å². The van der Waals surface area contributed by atoms with E-state index in [9.17, 15) is 9.59 Å². The molecule has 0 bridgehead atoms. The summed E-state index contributed by atoms with van der Waals surface area (Å²) < 4.78 is 15.2. The molecule has 22 heavy (non-hydrogen) atoms. The predicted octanol–water partition coefficient (Wildman–Crippen LogP) is 2.31. The van der Waals surface area contributed by atoms with Crippen LogP contribution in [-0.4, -0.2) is 19.6 Å². The van der Waals surface area contributed by atoms with Crippen LogP contribution in [0.25, 0.3) is 0 Å². The monoisotopic (exact) mass is 299 g/mol. The summed E-state index contributed by atoms with van der Waals surface area (Å²) >= 11 is 0. The standard InChI is InChI=1S/C17H15O5/c1-20-17(22-13-18,15-10-6-3-7-11-15)16(19)21-12-14-8-4-2-5-9-14/h2-11H,12H2,1H3. The summed E-state index contributed by atoms with van der Waals surface area (Å²) in [6.07, 6.45) is 0. The molecule has 0 heterocycles. The van der Waals surface area contributed by atoms with Gasteiger partial charge in [-0.05, 0) is 5.56 Å². The van der Waals surface area contributed by atoms with E-state index in [4.69, 9.17) is 14.2 Å². The van der Waals surface area contributed by atoms with Crippen LogP contribution in [0.15, 0.2) is 60.7 Å². The third-order valence-electron chi connectivity index (χ3n) is 3.11. The quantitative estimate of drug-likeness (QED) is 0.580. The number of rotatable bonds is 7. The molecule has 0 saturated heterocycles. The molecule has 0 saturated carbocycles. The zero-order valence-corrected chi connectivity index (χ0v) is 12.0. The number of esters is 1. The number of hydrogen-bond acceptors (Lipinski definition) is 5. The van der Waals surface area contributed by atoms with E-state index in [1.807, 2.05) is 30.3 Å². The van der Waals surface area contributed by atoms with Crippen molar-refractivity contribution in [3.05, 3.63) is 71.8 Å². The van der Waals surface area contributed by atoms with Crippen LogP contribution in [0, 0.1) is 0 Å². The van der Waals surface area contributed by atoms with Crippen molar-refractivity contribution in [2.24, 2.45) is 0 Å². The maximum absolute atomic E-state index is 12.4. The smallest absolute Gasteiger partial charge is 0.420 e. The van der Waals surface area contributed by atoms with E-state index in [2.05, 4.69) is 0 Å². The first-order chi connectivity index (χ1) is 10.7. The Labute approximate surface area is 128 Å². The second-order valence-electron chi connectivity index (χ2n) is 4.43. The lowest BCUT2D eigenvalue weighted by Crippen LogP contribution is -2.41. The summed E-state index contributed by atoms with van der Waals surface area (Å²) in [7, 11) is 1.26. The first-order valence-electron chi connectivity index (χ1n) is 6.60. The lowest BCUT2D eigenvalue weighted by atomic mass is 10.1. The zero-order chi connectivity index (χ0) is 15.8. The average molecular weight is 299 g/mol. The topological polar surface area (TPSA) is 61.8 Å². The molecule has 0 aliphatic carbocycles. The van der Waals surface area contributed by atoms with Crippen LogP contribution in [0.2, 0.25) is 0 Å². The molecule has 0 fully saturated rings. The van der Waals surface area contributed by atoms with Gasteiger partial charge in [-0.2, -0.15) is 0 Å². The molecule has 0 aliphatic rings. The predicted molar refractivity (Wildman–Crippen MR) is 78.1 cm³/mol. The summed E-state index contributed by atoms with van der Waals surface area (Å²) in [5.41, 5.74) is 1.16. The number of benzene rings is 2. The first-order valence-corrected chi connectivity index (χ1v) is 6.60. The Bertz CT molecular complexity index is 611. The third kappa shape index (κ3) is 3.32. The molecule has 113 valence electrons. The Morgan fingerprint density at radius 3 is 2.18 bits per heavy atom. The van der Waals surface area contributed by atoms with E-state index < -0.39 is 11.8 Å². The van der Waals surface area contributed by atoms with Crippen molar-refractivity contribution in [1.29, 1.82) is 0 Å². The van der Waals surface area contributed by atoms with Crippen molar-refractivity contribution in [2.75, 3.05) is 7.11 Å². The van der Waals surface area contributed by atoms with Crippen LogP contribution in [0.5, 0.6) is 0 Å². The summed E-state index contributed by atoms with van der Waals surface area (Å²) in [6.45, 7) is 1.30. The van der Waals surface area contributed by atoms with Gasteiger partial charge in [-0.15, -0.1) is 0 Å². The molecule has 2 aromatic carbocycles. The molecular formula is C17H15O5. The van der Waals surface area contributed by atoms with Gasteiger partial charge in [-0.1, -0.05) is 60.7 Å². The second-order valence-corrected chi connectivity index (χ2v) is 4.43. The van der Waals surface area contributed by atoms with Gasteiger partial charge in [0, 0.05) is 12.7 Å². The molecule has 5 nitrogen and oxygen atoms in total. The minimum atomic E-state index is -1.96. The second kappa shape index (κ2) is 7.38. The molecular weight excluding hydrogens is 284 g/mol. The number of carbonyl (C=O) groups excluding carboxylic acids is 2. The molecule has 2 aromatic rings. The Morgan fingerprint density at radius 1 is 1.05 bits per heavy atom. The highest BCUT2D eigenvalue weighted by Gasteiger charge is 2.45. The Hall–Kier alpha value is -2.66. The van der Waals surface area contributed by atoms with Gasteiger partial charge in [-0.25, -0.2) is 9.59 Å². The summed E-state index contributed by atoms with van der Waals surface area (Å²) in [5, 5.41) is 0. The van der Waals surface area contributed by atoms with Gasteiger partial charge in [0.2, 0.25) is 0 Å². The van der Waals surface area contributed by atoms with Gasteiger partial charge < -0.3 is 14.2 Å². The largest absolute Gasteiger partial charge is 0.456 e. The van der Waals surface area contributed by atoms with Gasteiger partial charge in [0.05, 0.1) is 0 Å². The van der Waals surface area contributed by atoms with Crippen LogP contribution in [0.4, 0.5) is 0 Å². The lowest BCUT2D eigenvalue weighted by molar-refractivity contribution is -0.219. The van der Waals surface area contributed by atoms with E-state index in [0.29, 0.717) is 5.56 Å². The molecule has 1 atom stereocenters. The first kappa shape index (κ1) is 15.7. The molecule has 2 rings (SSSR count). The van der Waals surface area contributed by atoms with Crippen LogP contribution >= 0.6 is 0 Å². The SMILES string of the molecule is COC(O[C]=O)(C(=O)OCc1ccccc1)c1ccccc1. The molecule has 0 aliphatic heterocycles. The van der Waals surface area contributed by atoms with Gasteiger partial charge in [0.1, 0.15) is 6.61 Å². The van der Waals surface area contributed by atoms with E-state index >= 15 is 0 Å². The van der Waals surface area contributed by atoms with Gasteiger partial charge in [-0.3, -0.25) is 0 Å². The van der Waals surface area contributed by atoms with Crippen LogP contribution in [-0.2, 0) is 36.2 Å². The van der Waals surface area contributed by atoms with Crippen LogP contribution in [0.1, 0.15) is 11.1 Å². The fourth-order valence-electron chi connectivity index (χ4n) is 2.00. The maximum atomic E-state index is 12.4. The molecule has 1 radical (unpaired) electrons. The Balaban J connectivity index is 2.21. The van der Waals surface area contributed by atoms with Crippen LogP contribution in [0.3, 0.4) is 0 Å². The summed E-state index contributed by atoms with van der Waals surface area (Å²) in [5.74, 6) is -2.79. The molecule has 0 aromatic heterocycles. The fourth-order valence-corrected chi connectivity index (χ4v) is 2.00. The lowest BCUT2D eigenvalue weighted by Gasteiger charge is -2.27. The normalized spacial score (nSPS) is 13.0. The van der Waals surface area contributed by atoms with Crippen molar-refractivity contribution in [1.82, 2.24) is 0 Å². The van der Waals surface area contributed by atoms with E-state index in [0.717, 1.165) is 5.56 Å². The molecule has 0 spiro atoms. The van der Waals surface area contributed by atoms with Crippen molar-refractivity contribution < 1.29 is 23.8 Å². The summed E-state index contributed by atoms with van der Waals surface area (Å²) in [6, 6.07) is 17.5. The highest BCUT2D eigenvalue weighted by atomic mass is 16.7. The molecule has 1 unspecified atom stereocenters. The number of ether oxygens (including phenoxy) is 3. The number of methoxy groups -OCH3 is 1. The number of hydrogen-bond donors (Lipinski definition) is 0. The van der Waals surface area contributed by atoms with Gasteiger partial charge >= 0.3 is 18.2 Å². The number of carbonyl (C=O) groups is 1. The average Bonchev–Trinajstić information content (AvgIpc) is 2.59. The minimum absolute atomic E-state index is 0.0415. The van der Waals surface area contributed by atoms with Gasteiger partial charge in [0.25, 0.3) is 0 Å². The highest BCUT2D eigenvalue weighted by molar-refractivity contribution is 5.81. The molecule has 0 N–H and O–H groups in total. The summed E-state index contributed by atoms with van der Waals surface area (Å²) in [4.78, 5) is 23.1. The Kier molecular flexibility index (Phi) is 5.27. The zero-order valence-electron chi connectivity index (χ0n) is 12.0. The minimum Gasteiger partial charge on any atom is -0.456 e. The van der Waals surface area contributed by atoms with E-state index in [-0.39, 0.29) is 6.61 Å². The van der Waals surface area contributed by atoms with Crippen molar-refractivity contribution >= 4 is 12.4 Å². The van der Waals surface area contributed by atoms with Crippen LogP contribution < -0.4 is 0 Å². The van der Waals surface area contributed by atoms with Gasteiger partial charge in [0.15, 0.2) is 0 Å². The Morgan fingerprint density at radius 2 is 1.64 bits per heavy atom. The van der Waals surface area contributed by atoms with E-state index in [1.54, 1.807) is 30.3 Å². The van der Waals surface area contributed by atoms with Crippen molar-refractivity contribution in [3.8, 4) is 0 Å². The maximum Gasteiger partial charge on any atom is 0.420 e. The van der Waals surface area contributed by atoms with E-state index in [1.165, 1.54) is 13.6 Å². The fraction of sp³-hybridized carbons (Fsp3) is 0.176. The molecule has 0 amide bonds. The van der Waals surface area contributed by atoms with Crippen molar-refractivity contribution in [2.45, 2.75) is 12.4 Å².